The van der Waals surface area contributed by atoms with E-state index in [0.717, 1.165) is 12.1 Å². The third-order valence-electron chi connectivity index (χ3n) is 2.68. The van der Waals surface area contributed by atoms with E-state index in [1.165, 1.54) is 18.2 Å². The average molecular weight is 297 g/mol. The summed E-state index contributed by atoms with van der Waals surface area (Å²) >= 11 is 5.95. The number of ether oxygens (including phenoxy) is 1. The summed E-state index contributed by atoms with van der Waals surface area (Å²) in [6.07, 6.45) is 0. The molecule has 6 heteroatoms. The molecule has 0 amide bonds. The average Bonchev–Trinajstić information content (AvgIpc) is 2.39. The van der Waals surface area contributed by atoms with E-state index in [2.05, 4.69) is 0 Å². The maximum Gasteiger partial charge on any atom is 0.138 e. The normalized spacial score (nSPS) is 10.3. The molecule has 0 aliphatic rings. The first-order chi connectivity index (χ1) is 9.49. The first kappa shape index (κ1) is 14.3. The second kappa shape index (κ2) is 5.88. The Kier molecular flexibility index (Phi) is 4.20. The lowest BCUT2D eigenvalue weighted by molar-refractivity contribution is 0.292. The molecule has 0 aromatic heterocycles. The van der Waals surface area contributed by atoms with E-state index in [4.69, 9.17) is 27.5 Å². The Morgan fingerprint density at radius 2 is 1.85 bits per heavy atom. The summed E-state index contributed by atoms with van der Waals surface area (Å²) in [4.78, 5) is 0. The summed E-state index contributed by atoms with van der Waals surface area (Å²) in [6.45, 7) is -0.280. The summed E-state index contributed by atoms with van der Waals surface area (Å²) in [6, 6.07) is 8.09. The van der Waals surface area contributed by atoms with Gasteiger partial charge in [-0.3, -0.25) is 5.41 Å². The van der Waals surface area contributed by atoms with Crippen molar-refractivity contribution in [1.29, 1.82) is 5.41 Å². The molecule has 0 atom stereocenters. The van der Waals surface area contributed by atoms with Gasteiger partial charge in [0.05, 0.1) is 10.6 Å². The number of rotatable bonds is 4. The summed E-state index contributed by atoms with van der Waals surface area (Å²) < 4.78 is 32.1. The van der Waals surface area contributed by atoms with E-state index in [1.807, 2.05) is 0 Å². The van der Waals surface area contributed by atoms with Gasteiger partial charge in [-0.15, -0.1) is 0 Å². The van der Waals surface area contributed by atoms with Crippen molar-refractivity contribution < 1.29 is 13.5 Å². The van der Waals surface area contributed by atoms with Crippen LogP contribution >= 0.6 is 11.6 Å². The number of hydrogen-bond donors (Lipinski definition) is 2. The molecule has 104 valence electrons. The minimum absolute atomic E-state index is 0.126. The van der Waals surface area contributed by atoms with Gasteiger partial charge in [-0.25, -0.2) is 8.78 Å². The number of benzene rings is 2. The van der Waals surface area contributed by atoms with E-state index in [9.17, 15) is 8.78 Å². The van der Waals surface area contributed by atoms with Crippen molar-refractivity contribution in [3.63, 3.8) is 0 Å². The minimum Gasteiger partial charge on any atom is -0.487 e. The van der Waals surface area contributed by atoms with Crippen molar-refractivity contribution in [2.24, 2.45) is 5.73 Å². The number of amidine groups is 1. The molecule has 20 heavy (non-hydrogen) atoms. The molecule has 0 bridgehead atoms. The number of nitrogen functional groups attached to an aromatic ring is 1. The van der Waals surface area contributed by atoms with E-state index in [-0.39, 0.29) is 28.8 Å². The summed E-state index contributed by atoms with van der Waals surface area (Å²) in [5.74, 6) is -1.22. The molecule has 0 fully saturated rings. The van der Waals surface area contributed by atoms with Crippen molar-refractivity contribution in [3.05, 3.63) is 64.2 Å². The molecular formula is C14H11ClF2N2O. The number of hydrogen-bond acceptors (Lipinski definition) is 2. The van der Waals surface area contributed by atoms with Gasteiger partial charge in [0.15, 0.2) is 0 Å². The molecule has 0 radical (unpaired) electrons. The van der Waals surface area contributed by atoms with E-state index >= 15 is 0 Å². The maximum atomic E-state index is 13.4. The van der Waals surface area contributed by atoms with Gasteiger partial charge in [-0.2, -0.15) is 0 Å². The summed E-state index contributed by atoms with van der Waals surface area (Å²) in [7, 11) is 0. The van der Waals surface area contributed by atoms with Crippen LogP contribution in [-0.2, 0) is 6.61 Å². The summed E-state index contributed by atoms with van der Waals surface area (Å²) in [5, 5.41) is 7.49. The zero-order chi connectivity index (χ0) is 14.7. The van der Waals surface area contributed by atoms with Crippen LogP contribution in [0.15, 0.2) is 36.4 Å². The Balaban J connectivity index is 2.17. The van der Waals surface area contributed by atoms with E-state index in [1.54, 1.807) is 6.07 Å². The highest BCUT2D eigenvalue weighted by Crippen LogP contribution is 2.26. The number of halogens is 3. The molecule has 2 rings (SSSR count). The first-order valence-corrected chi connectivity index (χ1v) is 6.06. The van der Waals surface area contributed by atoms with Crippen LogP contribution in [0.5, 0.6) is 5.75 Å². The second-order valence-corrected chi connectivity index (χ2v) is 4.45. The van der Waals surface area contributed by atoms with Crippen molar-refractivity contribution in [2.75, 3.05) is 0 Å². The molecule has 3 N–H and O–H groups in total. The van der Waals surface area contributed by atoms with Crippen LogP contribution in [0.4, 0.5) is 8.78 Å². The monoisotopic (exact) mass is 296 g/mol. The fourth-order valence-corrected chi connectivity index (χ4v) is 1.84. The van der Waals surface area contributed by atoms with Gasteiger partial charge in [-0.05, 0) is 30.3 Å². The molecule has 0 spiro atoms. The molecular weight excluding hydrogens is 286 g/mol. The first-order valence-electron chi connectivity index (χ1n) is 5.68. The SMILES string of the molecule is N=C(N)c1ccc(OCc2c(F)cccc2F)c(Cl)c1. The lowest BCUT2D eigenvalue weighted by Crippen LogP contribution is -2.11. The Morgan fingerprint density at radius 3 is 2.40 bits per heavy atom. The van der Waals surface area contributed by atoms with Crippen LogP contribution in [0.1, 0.15) is 11.1 Å². The largest absolute Gasteiger partial charge is 0.487 e. The zero-order valence-corrected chi connectivity index (χ0v) is 11.0. The highest BCUT2D eigenvalue weighted by molar-refractivity contribution is 6.32. The molecule has 0 saturated carbocycles. The van der Waals surface area contributed by atoms with Crippen molar-refractivity contribution in [2.45, 2.75) is 6.61 Å². The van der Waals surface area contributed by atoms with E-state index in [0.29, 0.717) is 5.56 Å². The molecule has 0 aliphatic carbocycles. The molecule has 2 aromatic carbocycles. The smallest absolute Gasteiger partial charge is 0.138 e. The highest BCUT2D eigenvalue weighted by Gasteiger charge is 2.11. The van der Waals surface area contributed by atoms with Gasteiger partial charge in [0.25, 0.3) is 0 Å². The second-order valence-electron chi connectivity index (χ2n) is 4.05. The predicted molar refractivity (Wildman–Crippen MR) is 73.2 cm³/mol. The Labute approximate surface area is 119 Å². The molecule has 0 aliphatic heterocycles. The molecule has 0 heterocycles. The van der Waals surface area contributed by atoms with Gasteiger partial charge in [0, 0.05) is 5.56 Å². The van der Waals surface area contributed by atoms with Crippen LogP contribution < -0.4 is 10.5 Å². The van der Waals surface area contributed by atoms with Crippen LogP contribution in [0, 0.1) is 17.0 Å². The van der Waals surface area contributed by atoms with Crippen LogP contribution in [0.3, 0.4) is 0 Å². The third-order valence-corrected chi connectivity index (χ3v) is 2.97. The van der Waals surface area contributed by atoms with Gasteiger partial charge < -0.3 is 10.5 Å². The minimum atomic E-state index is -0.679. The fraction of sp³-hybridized carbons (Fsp3) is 0.0714. The molecule has 0 saturated heterocycles. The lowest BCUT2D eigenvalue weighted by atomic mass is 10.2. The Morgan fingerprint density at radius 1 is 1.20 bits per heavy atom. The molecule has 2 aromatic rings. The molecule has 3 nitrogen and oxygen atoms in total. The van der Waals surface area contributed by atoms with Crippen LogP contribution in [-0.4, -0.2) is 5.84 Å². The van der Waals surface area contributed by atoms with Gasteiger partial charge in [0.1, 0.15) is 29.8 Å². The highest BCUT2D eigenvalue weighted by atomic mass is 35.5. The number of nitrogens with two attached hydrogens (primary N) is 1. The maximum absolute atomic E-state index is 13.4. The fourth-order valence-electron chi connectivity index (χ4n) is 1.61. The Hall–Kier alpha value is -2.14. The zero-order valence-electron chi connectivity index (χ0n) is 10.3. The quantitative estimate of drug-likeness (QED) is 0.670. The van der Waals surface area contributed by atoms with Crippen molar-refractivity contribution >= 4 is 17.4 Å². The van der Waals surface area contributed by atoms with Crippen molar-refractivity contribution in [1.82, 2.24) is 0 Å². The Bertz CT molecular complexity index is 641. The number of nitrogens with one attached hydrogen (secondary N) is 1. The standard InChI is InChI=1S/C14H11ClF2N2O/c15-10-6-8(14(18)19)4-5-13(10)20-7-9-11(16)2-1-3-12(9)17/h1-6H,7H2,(H3,18,19). The van der Waals surface area contributed by atoms with Crippen LogP contribution in [0.2, 0.25) is 5.02 Å². The molecule has 0 unspecified atom stereocenters. The topological polar surface area (TPSA) is 59.1 Å². The van der Waals surface area contributed by atoms with Gasteiger partial charge >= 0.3 is 0 Å². The van der Waals surface area contributed by atoms with Crippen molar-refractivity contribution in [3.8, 4) is 5.75 Å². The van der Waals surface area contributed by atoms with E-state index < -0.39 is 11.6 Å². The predicted octanol–water partition coefficient (Wildman–Crippen LogP) is 3.48. The third kappa shape index (κ3) is 3.05. The van der Waals surface area contributed by atoms with Gasteiger partial charge in [-0.1, -0.05) is 17.7 Å². The van der Waals surface area contributed by atoms with Gasteiger partial charge in [0.2, 0.25) is 0 Å². The lowest BCUT2D eigenvalue weighted by Gasteiger charge is -2.10. The summed E-state index contributed by atoms with van der Waals surface area (Å²) in [5.41, 5.74) is 5.60. The van der Waals surface area contributed by atoms with Crippen LogP contribution in [0.25, 0.3) is 0 Å².